The minimum absolute atomic E-state index is 0.587. The molecule has 0 fully saturated rings. The summed E-state index contributed by atoms with van der Waals surface area (Å²) >= 11 is 2.97. The standard InChI is InChI=1S/C17H12N2OS2/c1-20-15-8-4-2-6-12(15)10-13(11-18)21-17-19-14-7-3-5-9-16(14)22-17/h2-10H,1H3/b13-10-. The Morgan fingerprint density at radius 2 is 2.00 bits per heavy atom. The first-order chi connectivity index (χ1) is 10.8. The molecule has 0 saturated carbocycles. The van der Waals surface area contributed by atoms with Gasteiger partial charge in [0.15, 0.2) is 4.34 Å². The molecule has 5 heteroatoms. The lowest BCUT2D eigenvalue weighted by Crippen LogP contribution is -1.86. The van der Waals surface area contributed by atoms with Gasteiger partial charge in [0.05, 0.1) is 22.2 Å². The lowest BCUT2D eigenvalue weighted by molar-refractivity contribution is 0.414. The molecular weight excluding hydrogens is 312 g/mol. The van der Waals surface area contributed by atoms with Crippen molar-refractivity contribution in [1.82, 2.24) is 4.98 Å². The number of fused-ring (bicyclic) bond motifs is 1. The molecule has 2 aromatic carbocycles. The second-order valence-electron chi connectivity index (χ2n) is 4.41. The molecule has 0 atom stereocenters. The van der Waals surface area contributed by atoms with Gasteiger partial charge in [-0.25, -0.2) is 4.98 Å². The number of allylic oxidation sites excluding steroid dienone is 1. The zero-order valence-electron chi connectivity index (χ0n) is 11.8. The smallest absolute Gasteiger partial charge is 0.156 e. The number of rotatable bonds is 4. The van der Waals surface area contributed by atoms with E-state index >= 15 is 0 Å². The van der Waals surface area contributed by atoms with E-state index in [1.165, 1.54) is 11.8 Å². The number of ether oxygens (including phenoxy) is 1. The van der Waals surface area contributed by atoms with Crippen LogP contribution >= 0.6 is 23.1 Å². The molecule has 22 heavy (non-hydrogen) atoms. The summed E-state index contributed by atoms with van der Waals surface area (Å²) in [7, 11) is 1.62. The highest BCUT2D eigenvalue weighted by molar-refractivity contribution is 8.05. The predicted molar refractivity (Wildman–Crippen MR) is 92.1 cm³/mol. The van der Waals surface area contributed by atoms with Gasteiger partial charge in [0.1, 0.15) is 11.8 Å². The lowest BCUT2D eigenvalue weighted by atomic mass is 10.2. The topological polar surface area (TPSA) is 45.9 Å². The summed E-state index contributed by atoms with van der Waals surface area (Å²) in [6, 6.07) is 17.8. The van der Waals surface area contributed by atoms with Crippen LogP contribution in [-0.4, -0.2) is 12.1 Å². The van der Waals surface area contributed by atoms with Crippen molar-refractivity contribution in [3.8, 4) is 11.8 Å². The van der Waals surface area contributed by atoms with Gasteiger partial charge in [-0.3, -0.25) is 0 Å². The number of benzene rings is 2. The van der Waals surface area contributed by atoms with Gasteiger partial charge < -0.3 is 4.74 Å². The van der Waals surface area contributed by atoms with E-state index in [-0.39, 0.29) is 0 Å². The Morgan fingerprint density at radius 1 is 1.23 bits per heavy atom. The molecular formula is C17H12N2OS2. The zero-order chi connectivity index (χ0) is 15.4. The normalized spacial score (nSPS) is 11.4. The van der Waals surface area contributed by atoms with E-state index < -0.39 is 0 Å². The molecule has 3 nitrogen and oxygen atoms in total. The molecule has 0 aliphatic heterocycles. The maximum Gasteiger partial charge on any atom is 0.156 e. The fraction of sp³-hybridized carbons (Fsp3) is 0.0588. The Kier molecular flexibility index (Phi) is 4.42. The van der Waals surface area contributed by atoms with Crippen LogP contribution in [0.2, 0.25) is 0 Å². The Hall–Kier alpha value is -2.29. The van der Waals surface area contributed by atoms with Crippen LogP contribution in [0.15, 0.2) is 57.8 Å². The molecule has 108 valence electrons. The number of hydrogen-bond acceptors (Lipinski definition) is 5. The van der Waals surface area contributed by atoms with Crippen molar-refractivity contribution in [2.75, 3.05) is 7.11 Å². The van der Waals surface area contributed by atoms with Crippen molar-refractivity contribution in [3.63, 3.8) is 0 Å². The summed E-state index contributed by atoms with van der Waals surface area (Å²) in [6.45, 7) is 0. The zero-order valence-corrected chi connectivity index (χ0v) is 13.4. The predicted octanol–water partition coefficient (Wildman–Crippen LogP) is 4.96. The highest BCUT2D eigenvalue weighted by Crippen LogP contribution is 2.35. The van der Waals surface area contributed by atoms with Crippen LogP contribution in [-0.2, 0) is 0 Å². The monoisotopic (exact) mass is 324 g/mol. The van der Waals surface area contributed by atoms with Crippen LogP contribution in [0.4, 0.5) is 0 Å². The summed E-state index contributed by atoms with van der Waals surface area (Å²) in [6.07, 6.45) is 1.83. The SMILES string of the molecule is COc1ccccc1/C=C(/C#N)Sc1nc2ccccc2s1. The largest absolute Gasteiger partial charge is 0.496 e. The van der Waals surface area contributed by atoms with Crippen LogP contribution in [0.5, 0.6) is 5.75 Å². The van der Waals surface area contributed by atoms with Crippen LogP contribution < -0.4 is 4.74 Å². The van der Waals surface area contributed by atoms with E-state index in [0.717, 1.165) is 25.9 Å². The van der Waals surface area contributed by atoms with E-state index in [0.29, 0.717) is 4.91 Å². The number of nitriles is 1. The second-order valence-corrected chi connectivity index (χ2v) is 6.73. The van der Waals surface area contributed by atoms with E-state index in [2.05, 4.69) is 11.1 Å². The van der Waals surface area contributed by atoms with Gasteiger partial charge in [0.25, 0.3) is 0 Å². The van der Waals surface area contributed by atoms with Gasteiger partial charge >= 0.3 is 0 Å². The molecule has 1 aromatic heterocycles. The first-order valence-corrected chi connectivity index (χ1v) is 8.21. The fourth-order valence-electron chi connectivity index (χ4n) is 2.00. The summed E-state index contributed by atoms with van der Waals surface area (Å²) in [5.41, 5.74) is 1.85. The molecule has 0 radical (unpaired) electrons. The van der Waals surface area contributed by atoms with Crippen molar-refractivity contribution in [2.45, 2.75) is 4.34 Å². The molecule has 0 saturated heterocycles. The first kappa shape index (κ1) is 14.6. The molecule has 0 bridgehead atoms. The maximum atomic E-state index is 9.38. The summed E-state index contributed by atoms with van der Waals surface area (Å²) in [5, 5.41) is 9.38. The molecule has 0 spiro atoms. The van der Waals surface area contributed by atoms with Crippen LogP contribution in [0.3, 0.4) is 0 Å². The lowest BCUT2D eigenvalue weighted by Gasteiger charge is -2.04. The van der Waals surface area contributed by atoms with Gasteiger partial charge in [-0.15, -0.1) is 11.3 Å². The maximum absolute atomic E-state index is 9.38. The van der Waals surface area contributed by atoms with Crippen molar-refractivity contribution in [3.05, 3.63) is 59.0 Å². The molecule has 0 aliphatic rings. The van der Waals surface area contributed by atoms with Crippen molar-refractivity contribution >= 4 is 39.4 Å². The molecule has 0 unspecified atom stereocenters. The minimum Gasteiger partial charge on any atom is -0.496 e. The van der Waals surface area contributed by atoms with Gasteiger partial charge in [-0.2, -0.15) is 5.26 Å². The van der Waals surface area contributed by atoms with E-state index in [9.17, 15) is 5.26 Å². The third-order valence-corrected chi connectivity index (χ3v) is 5.03. The Balaban J connectivity index is 1.91. The average Bonchev–Trinajstić information content (AvgIpc) is 2.97. The average molecular weight is 324 g/mol. The number of methoxy groups -OCH3 is 1. The van der Waals surface area contributed by atoms with Crippen LogP contribution in [0.1, 0.15) is 5.56 Å². The van der Waals surface area contributed by atoms with Crippen LogP contribution in [0.25, 0.3) is 16.3 Å². The molecule has 0 N–H and O–H groups in total. The van der Waals surface area contributed by atoms with Crippen LogP contribution in [0, 0.1) is 11.3 Å². The van der Waals surface area contributed by atoms with Gasteiger partial charge in [-0.1, -0.05) is 30.3 Å². The van der Waals surface area contributed by atoms with E-state index in [4.69, 9.17) is 4.74 Å². The Morgan fingerprint density at radius 3 is 2.77 bits per heavy atom. The molecule has 3 aromatic rings. The van der Waals surface area contributed by atoms with Gasteiger partial charge in [0.2, 0.25) is 0 Å². The van der Waals surface area contributed by atoms with E-state index in [1.807, 2.05) is 54.6 Å². The number of thiazole rings is 1. The molecule has 1 heterocycles. The molecule has 0 amide bonds. The molecule has 3 rings (SSSR count). The van der Waals surface area contributed by atoms with E-state index in [1.54, 1.807) is 18.4 Å². The summed E-state index contributed by atoms with van der Waals surface area (Å²) in [4.78, 5) is 5.13. The third kappa shape index (κ3) is 3.14. The number of aromatic nitrogens is 1. The number of nitrogens with zero attached hydrogens (tertiary/aromatic N) is 2. The minimum atomic E-state index is 0.587. The Bertz CT molecular complexity index is 844. The van der Waals surface area contributed by atoms with Crippen molar-refractivity contribution in [2.24, 2.45) is 0 Å². The number of thioether (sulfide) groups is 1. The van der Waals surface area contributed by atoms with Crippen molar-refractivity contribution < 1.29 is 4.74 Å². The molecule has 0 aliphatic carbocycles. The highest BCUT2D eigenvalue weighted by Gasteiger charge is 2.08. The number of hydrogen-bond donors (Lipinski definition) is 0. The summed E-state index contributed by atoms with van der Waals surface area (Å²) in [5.74, 6) is 0.750. The van der Waals surface area contributed by atoms with Crippen molar-refractivity contribution in [1.29, 1.82) is 5.26 Å². The highest BCUT2D eigenvalue weighted by atomic mass is 32.2. The van der Waals surface area contributed by atoms with Gasteiger partial charge in [0, 0.05) is 5.56 Å². The third-order valence-electron chi connectivity index (χ3n) is 3.01. The quantitative estimate of drug-likeness (QED) is 0.502. The Labute approximate surface area is 136 Å². The summed E-state index contributed by atoms with van der Waals surface area (Å²) < 4.78 is 7.30. The van der Waals surface area contributed by atoms with Gasteiger partial charge in [-0.05, 0) is 36.0 Å². The second kappa shape index (κ2) is 6.65. The fourth-order valence-corrected chi connectivity index (χ4v) is 3.97. The number of para-hydroxylation sites is 2. The first-order valence-electron chi connectivity index (χ1n) is 6.58.